The Kier molecular flexibility index (Phi) is 6.48. The van der Waals surface area contributed by atoms with Gasteiger partial charge in [0.1, 0.15) is 18.1 Å². The Labute approximate surface area is 149 Å². The summed E-state index contributed by atoms with van der Waals surface area (Å²) in [6.07, 6.45) is -3.66. The first-order valence-corrected chi connectivity index (χ1v) is 7.99. The normalized spacial score (nSPS) is 13.4. The number of ether oxygens (including phenoxy) is 1. The van der Waals surface area contributed by atoms with E-state index in [0.717, 1.165) is 23.8 Å². The van der Waals surface area contributed by atoms with E-state index in [1.54, 1.807) is 7.05 Å². The van der Waals surface area contributed by atoms with Gasteiger partial charge >= 0.3 is 6.18 Å². The summed E-state index contributed by atoms with van der Waals surface area (Å²) < 4.78 is 48.3. The van der Waals surface area contributed by atoms with Gasteiger partial charge in [-0.15, -0.1) is 0 Å². The van der Waals surface area contributed by atoms with Crippen LogP contribution in [-0.2, 0) is 6.18 Å². The molecule has 0 aliphatic carbocycles. The molecule has 0 aliphatic rings. The maximum absolute atomic E-state index is 12.5. The monoisotopic (exact) mass is 370 g/mol. The molecule has 0 saturated heterocycles. The highest BCUT2D eigenvalue weighted by Crippen LogP contribution is 2.29. The lowest BCUT2D eigenvalue weighted by Gasteiger charge is -2.16. The van der Waals surface area contributed by atoms with Crippen molar-refractivity contribution in [2.75, 3.05) is 20.2 Å². The second-order valence-corrected chi connectivity index (χ2v) is 5.54. The number of aliphatic imine (C=N–C) groups is 1. The van der Waals surface area contributed by atoms with Crippen LogP contribution in [0.5, 0.6) is 5.88 Å². The number of hydrogen-bond acceptors (Lipinski definition) is 4. The zero-order valence-corrected chi connectivity index (χ0v) is 14.7. The molecule has 0 aliphatic heterocycles. The molecule has 142 valence electrons. The van der Waals surface area contributed by atoms with E-state index in [4.69, 9.17) is 9.15 Å². The third kappa shape index (κ3) is 5.68. The van der Waals surface area contributed by atoms with E-state index < -0.39 is 11.7 Å². The highest BCUT2D eigenvalue weighted by Gasteiger charge is 2.30. The Bertz CT molecular complexity index is 726. The first kappa shape index (κ1) is 19.6. The Morgan fingerprint density at radius 1 is 1.31 bits per heavy atom. The van der Waals surface area contributed by atoms with Gasteiger partial charge in [-0.2, -0.15) is 13.2 Å². The Morgan fingerprint density at radius 2 is 2.08 bits per heavy atom. The highest BCUT2D eigenvalue weighted by atomic mass is 19.4. The van der Waals surface area contributed by atoms with Gasteiger partial charge < -0.3 is 19.8 Å². The lowest BCUT2D eigenvalue weighted by molar-refractivity contribution is -0.137. The average Bonchev–Trinajstić information content (AvgIpc) is 3.03. The average molecular weight is 370 g/mol. The van der Waals surface area contributed by atoms with Crippen molar-refractivity contribution < 1.29 is 22.3 Å². The molecule has 2 aromatic heterocycles. The molecule has 9 heteroatoms. The van der Waals surface area contributed by atoms with Crippen molar-refractivity contribution >= 4 is 5.96 Å². The fourth-order valence-electron chi connectivity index (χ4n) is 2.12. The van der Waals surface area contributed by atoms with Crippen LogP contribution < -0.4 is 15.4 Å². The third-order valence-electron chi connectivity index (χ3n) is 3.47. The molecule has 0 fully saturated rings. The molecule has 0 amide bonds. The summed E-state index contributed by atoms with van der Waals surface area (Å²) >= 11 is 0. The summed E-state index contributed by atoms with van der Waals surface area (Å²) in [4.78, 5) is 7.74. The number of rotatable bonds is 6. The summed E-state index contributed by atoms with van der Waals surface area (Å²) in [6.45, 7) is 4.42. The molecular weight excluding hydrogens is 349 g/mol. The second-order valence-electron chi connectivity index (χ2n) is 5.54. The molecule has 0 radical (unpaired) electrons. The molecule has 2 heterocycles. The standard InChI is InChI=1S/C17H21F3N4O2/c1-11-4-6-14(26-11)12(2)24-16(21-3)22-8-9-25-15-7-5-13(10-23-15)17(18,19)20/h4-7,10,12H,8-9H2,1-3H3,(H2,21,22,24). The van der Waals surface area contributed by atoms with E-state index in [1.165, 1.54) is 6.07 Å². The number of guanidine groups is 1. The smallest absolute Gasteiger partial charge is 0.417 e. The van der Waals surface area contributed by atoms with Crippen molar-refractivity contribution in [1.29, 1.82) is 0 Å². The van der Waals surface area contributed by atoms with Gasteiger partial charge in [0.05, 0.1) is 18.2 Å². The SMILES string of the molecule is CN=C(NCCOc1ccc(C(F)(F)F)cn1)NC(C)c1ccc(C)o1. The zero-order chi connectivity index (χ0) is 19.2. The van der Waals surface area contributed by atoms with Crippen molar-refractivity contribution in [2.45, 2.75) is 26.1 Å². The van der Waals surface area contributed by atoms with Crippen LogP contribution in [0.1, 0.15) is 30.0 Å². The van der Waals surface area contributed by atoms with Gasteiger partial charge in [0, 0.05) is 19.3 Å². The summed E-state index contributed by atoms with van der Waals surface area (Å²) in [6, 6.07) is 5.82. The minimum Gasteiger partial charge on any atom is -0.476 e. The van der Waals surface area contributed by atoms with Crippen molar-refractivity contribution in [3.63, 3.8) is 0 Å². The summed E-state index contributed by atoms with van der Waals surface area (Å²) in [5.74, 6) is 2.29. The van der Waals surface area contributed by atoms with E-state index >= 15 is 0 Å². The van der Waals surface area contributed by atoms with E-state index in [9.17, 15) is 13.2 Å². The molecule has 0 spiro atoms. The van der Waals surface area contributed by atoms with Gasteiger partial charge in [-0.1, -0.05) is 0 Å². The van der Waals surface area contributed by atoms with Crippen LogP contribution in [0.15, 0.2) is 39.9 Å². The lowest BCUT2D eigenvalue weighted by Crippen LogP contribution is -2.40. The molecular formula is C17H21F3N4O2. The number of aromatic nitrogens is 1. The maximum Gasteiger partial charge on any atom is 0.417 e. The summed E-state index contributed by atoms with van der Waals surface area (Å²) in [7, 11) is 1.63. The summed E-state index contributed by atoms with van der Waals surface area (Å²) in [5, 5.41) is 6.22. The van der Waals surface area contributed by atoms with E-state index in [2.05, 4.69) is 20.6 Å². The number of pyridine rings is 1. The number of halogens is 3. The maximum atomic E-state index is 12.5. The number of nitrogens with zero attached hydrogens (tertiary/aromatic N) is 2. The van der Waals surface area contributed by atoms with Crippen LogP contribution in [0.3, 0.4) is 0 Å². The fourth-order valence-corrected chi connectivity index (χ4v) is 2.12. The molecule has 0 saturated carbocycles. The van der Waals surface area contributed by atoms with Crippen LogP contribution in [0.2, 0.25) is 0 Å². The summed E-state index contributed by atoms with van der Waals surface area (Å²) in [5.41, 5.74) is -0.810. The second kappa shape index (κ2) is 8.59. The van der Waals surface area contributed by atoms with Crippen molar-refractivity contribution in [2.24, 2.45) is 4.99 Å². The van der Waals surface area contributed by atoms with Gasteiger partial charge in [-0.05, 0) is 32.0 Å². The van der Waals surface area contributed by atoms with Crippen LogP contribution >= 0.6 is 0 Å². The Balaban J connectivity index is 1.75. The zero-order valence-electron chi connectivity index (χ0n) is 14.7. The number of nitrogens with one attached hydrogen (secondary N) is 2. The fraction of sp³-hybridized carbons (Fsp3) is 0.412. The molecule has 2 N–H and O–H groups in total. The molecule has 2 rings (SSSR count). The third-order valence-corrected chi connectivity index (χ3v) is 3.47. The van der Waals surface area contributed by atoms with Gasteiger partial charge in [-0.3, -0.25) is 4.99 Å². The van der Waals surface area contributed by atoms with Crippen molar-refractivity contribution in [3.05, 3.63) is 47.5 Å². The van der Waals surface area contributed by atoms with E-state index in [1.807, 2.05) is 26.0 Å². The quantitative estimate of drug-likeness (QED) is 0.464. The predicted octanol–water partition coefficient (Wildman–Crippen LogP) is 3.31. The van der Waals surface area contributed by atoms with Crippen LogP contribution in [0.25, 0.3) is 0 Å². The van der Waals surface area contributed by atoms with Gasteiger partial charge in [-0.25, -0.2) is 4.98 Å². The van der Waals surface area contributed by atoms with Crippen molar-refractivity contribution in [1.82, 2.24) is 15.6 Å². The largest absolute Gasteiger partial charge is 0.476 e. The molecule has 0 aromatic carbocycles. The predicted molar refractivity (Wildman–Crippen MR) is 91.1 cm³/mol. The van der Waals surface area contributed by atoms with Crippen molar-refractivity contribution in [3.8, 4) is 5.88 Å². The number of furan rings is 1. The molecule has 0 bridgehead atoms. The first-order chi connectivity index (χ1) is 12.3. The Hall–Kier alpha value is -2.71. The van der Waals surface area contributed by atoms with E-state index in [0.29, 0.717) is 12.5 Å². The lowest BCUT2D eigenvalue weighted by atomic mass is 10.2. The van der Waals surface area contributed by atoms with Gasteiger partial charge in [0.2, 0.25) is 5.88 Å². The number of hydrogen-bond donors (Lipinski definition) is 2. The minimum absolute atomic E-state index is 0.0765. The van der Waals surface area contributed by atoms with E-state index in [-0.39, 0.29) is 18.5 Å². The van der Waals surface area contributed by atoms with Crippen LogP contribution in [0, 0.1) is 6.92 Å². The topological polar surface area (TPSA) is 71.7 Å². The first-order valence-electron chi connectivity index (χ1n) is 7.99. The van der Waals surface area contributed by atoms with Crippen LogP contribution in [-0.4, -0.2) is 31.1 Å². The molecule has 2 aromatic rings. The van der Waals surface area contributed by atoms with Crippen LogP contribution in [0.4, 0.5) is 13.2 Å². The number of aryl methyl sites for hydroxylation is 1. The van der Waals surface area contributed by atoms with Gasteiger partial charge in [0.25, 0.3) is 0 Å². The molecule has 6 nitrogen and oxygen atoms in total. The molecule has 1 unspecified atom stereocenters. The molecule has 1 atom stereocenters. The highest BCUT2D eigenvalue weighted by molar-refractivity contribution is 5.79. The minimum atomic E-state index is -4.41. The molecule has 26 heavy (non-hydrogen) atoms. The number of alkyl halides is 3. The Morgan fingerprint density at radius 3 is 2.62 bits per heavy atom. The van der Waals surface area contributed by atoms with Gasteiger partial charge in [0.15, 0.2) is 5.96 Å².